The van der Waals surface area contributed by atoms with Gasteiger partial charge in [0.1, 0.15) is 36.9 Å². The zero-order chi connectivity index (χ0) is 19.6. The van der Waals surface area contributed by atoms with Gasteiger partial charge in [0.15, 0.2) is 0 Å². The van der Waals surface area contributed by atoms with Crippen molar-refractivity contribution >= 4 is 5.57 Å². The van der Waals surface area contributed by atoms with Crippen molar-refractivity contribution in [2.75, 3.05) is 26.4 Å². The Bertz CT molecular complexity index is 920. The standard InChI is InChI=1S/C25H26O4/c1-17-11-22(27-14-24-16-29-24)9-10-25(17)20-4-2-3-19(12-20)18-5-7-21(8-6-18)26-13-23-15-28-23/h2-3,5-12,19,23-24H,4,13-16H2,1H3. The van der Waals surface area contributed by atoms with Crippen LogP contribution in [0.3, 0.4) is 0 Å². The maximum atomic E-state index is 5.82. The zero-order valence-electron chi connectivity index (χ0n) is 16.7. The van der Waals surface area contributed by atoms with Crippen molar-refractivity contribution < 1.29 is 18.9 Å². The van der Waals surface area contributed by atoms with Gasteiger partial charge in [0.2, 0.25) is 0 Å². The van der Waals surface area contributed by atoms with Crippen molar-refractivity contribution in [3.63, 3.8) is 0 Å². The second-order valence-electron chi connectivity index (χ2n) is 7.93. The Kier molecular flexibility index (Phi) is 5.13. The van der Waals surface area contributed by atoms with Gasteiger partial charge in [-0.15, -0.1) is 0 Å². The van der Waals surface area contributed by atoms with Gasteiger partial charge < -0.3 is 18.9 Å². The predicted octanol–water partition coefficient (Wildman–Crippen LogP) is 4.68. The summed E-state index contributed by atoms with van der Waals surface area (Å²) in [6, 6.07) is 14.8. The molecule has 2 aromatic carbocycles. The van der Waals surface area contributed by atoms with Crippen molar-refractivity contribution in [1.82, 2.24) is 0 Å². The van der Waals surface area contributed by atoms with Gasteiger partial charge in [-0.2, -0.15) is 0 Å². The summed E-state index contributed by atoms with van der Waals surface area (Å²) < 4.78 is 22.0. The van der Waals surface area contributed by atoms with E-state index in [1.165, 1.54) is 22.3 Å². The highest BCUT2D eigenvalue weighted by Crippen LogP contribution is 2.34. The minimum absolute atomic E-state index is 0.278. The molecule has 0 saturated carbocycles. The summed E-state index contributed by atoms with van der Waals surface area (Å²) in [4.78, 5) is 0. The molecule has 0 spiro atoms. The molecule has 3 unspecified atom stereocenters. The lowest BCUT2D eigenvalue weighted by molar-refractivity contribution is 0.263. The highest BCUT2D eigenvalue weighted by Gasteiger charge is 2.24. The Balaban J connectivity index is 1.28. The smallest absolute Gasteiger partial charge is 0.119 e. The van der Waals surface area contributed by atoms with Gasteiger partial charge in [-0.25, -0.2) is 0 Å². The number of ether oxygens (including phenoxy) is 4. The van der Waals surface area contributed by atoms with Crippen molar-refractivity contribution in [1.29, 1.82) is 0 Å². The SMILES string of the molecule is Cc1cc(OCC2CO2)ccc1C1=CC(c2ccc(OCC3CO3)cc2)C=CC1. The molecule has 0 N–H and O–H groups in total. The molecule has 29 heavy (non-hydrogen) atoms. The van der Waals surface area contributed by atoms with Crippen LogP contribution in [0.2, 0.25) is 0 Å². The van der Waals surface area contributed by atoms with Crippen LogP contribution in [0.15, 0.2) is 60.7 Å². The average molecular weight is 390 g/mol. The summed E-state index contributed by atoms with van der Waals surface area (Å²) in [5, 5.41) is 0. The van der Waals surface area contributed by atoms with Gasteiger partial charge in [-0.05, 0) is 59.9 Å². The average Bonchev–Trinajstić information content (AvgIpc) is 3.66. The maximum absolute atomic E-state index is 5.82. The van der Waals surface area contributed by atoms with Crippen LogP contribution in [0, 0.1) is 6.92 Å². The Hall–Kier alpha value is -2.56. The molecule has 2 aromatic rings. The second-order valence-corrected chi connectivity index (χ2v) is 7.93. The van der Waals surface area contributed by atoms with Crippen molar-refractivity contribution in [2.45, 2.75) is 31.5 Å². The van der Waals surface area contributed by atoms with Crippen molar-refractivity contribution in [2.24, 2.45) is 0 Å². The molecule has 1 aliphatic carbocycles. The number of hydrogen-bond acceptors (Lipinski definition) is 4. The Morgan fingerprint density at radius 3 is 2.21 bits per heavy atom. The van der Waals surface area contributed by atoms with Crippen LogP contribution in [0.5, 0.6) is 11.5 Å². The van der Waals surface area contributed by atoms with Crippen LogP contribution >= 0.6 is 0 Å². The third kappa shape index (κ3) is 4.72. The number of benzene rings is 2. The Morgan fingerprint density at radius 2 is 1.55 bits per heavy atom. The topological polar surface area (TPSA) is 43.5 Å². The fourth-order valence-corrected chi connectivity index (χ4v) is 3.67. The molecule has 0 amide bonds. The minimum atomic E-state index is 0.278. The van der Waals surface area contributed by atoms with E-state index in [9.17, 15) is 0 Å². The van der Waals surface area contributed by atoms with Crippen LogP contribution in [0.25, 0.3) is 5.57 Å². The number of aryl methyl sites for hydroxylation is 1. The lowest BCUT2D eigenvalue weighted by Crippen LogP contribution is -2.05. The molecule has 0 radical (unpaired) electrons. The third-order valence-corrected chi connectivity index (χ3v) is 5.55. The first kappa shape index (κ1) is 18.5. The zero-order valence-corrected chi connectivity index (χ0v) is 16.7. The molecule has 3 atom stereocenters. The molecule has 2 aliphatic heterocycles. The maximum Gasteiger partial charge on any atom is 0.119 e. The lowest BCUT2D eigenvalue weighted by atomic mass is 9.87. The van der Waals surface area contributed by atoms with Crippen molar-refractivity contribution in [3.05, 3.63) is 77.4 Å². The summed E-state index contributed by atoms with van der Waals surface area (Å²) in [5.41, 5.74) is 5.16. The van der Waals surface area contributed by atoms with Gasteiger partial charge in [-0.1, -0.05) is 36.4 Å². The van der Waals surface area contributed by atoms with Crippen LogP contribution < -0.4 is 9.47 Å². The highest BCUT2D eigenvalue weighted by molar-refractivity contribution is 5.72. The van der Waals surface area contributed by atoms with E-state index >= 15 is 0 Å². The molecule has 2 saturated heterocycles. The van der Waals surface area contributed by atoms with E-state index in [-0.39, 0.29) is 18.1 Å². The van der Waals surface area contributed by atoms with Crippen LogP contribution in [0.4, 0.5) is 0 Å². The molecule has 2 heterocycles. The Labute approximate surface area is 171 Å². The van der Waals surface area contributed by atoms with Gasteiger partial charge >= 0.3 is 0 Å². The molecule has 0 aromatic heterocycles. The first-order valence-corrected chi connectivity index (χ1v) is 10.3. The largest absolute Gasteiger partial charge is 0.491 e. The fourth-order valence-electron chi connectivity index (χ4n) is 3.67. The van der Waals surface area contributed by atoms with Crippen LogP contribution in [-0.4, -0.2) is 38.6 Å². The molecule has 5 rings (SSSR count). The van der Waals surface area contributed by atoms with Gasteiger partial charge in [-0.3, -0.25) is 0 Å². The first-order chi connectivity index (χ1) is 14.2. The fraction of sp³-hybridized carbons (Fsp3) is 0.360. The lowest BCUT2D eigenvalue weighted by Gasteiger charge is -2.19. The minimum Gasteiger partial charge on any atom is -0.491 e. The van der Waals surface area contributed by atoms with E-state index in [1.807, 2.05) is 0 Å². The Morgan fingerprint density at radius 1 is 0.897 bits per heavy atom. The summed E-state index contributed by atoms with van der Waals surface area (Å²) in [5.74, 6) is 2.09. The van der Waals surface area contributed by atoms with Gasteiger partial charge in [0, 0.05) is 5.92 Å². The molecule has 2 fully saturated rings. The monoisotopic (exact) mass is 390 g/mol. The molecule has 0 bridgehead atoms. The molecule has 4 nitrogen and oxygen atoms in total. The first-order valence-electron chi connectivity index (χ1n) is 10.3. The highest BCUT2D eigenvalue weighted by atomic mass is 16.6. The number of hydrogen-bond donors (Lipinski definition) is 0. The quantitative estimate of drug-likeness (QED) is 0.485. The number of allylic oxidation sites excluding steroid dienone is 4. The number of rotatable bonds is 8. The normalized spacial score (nSPS) is 24.7. The van der Waals surface area contributed by atoms with Gasteiger partial charge in [0.25, 0.3) is 0 Å². The van der Waals surface area contributed by atoms with E-state index in [0.717, 1.165) is 31.1 Å². The molecular formula is C25H26O4. The molecular weight excluding hydrogens is 364 g/mol. The van der Waals surface area contributed by atoms with E-state index in [0.29, 0.717) is 13.2 Å². The summed E-state index contributed by atoms with van der Waals surface area (Å²) in [6.45, 7) is 5.07. The van der Waals surface area contributed by atoms with E-state index < -0.39 is 0 Å². The summed E-state index contributed by atoms with van der Waals surface area (Å²) in [7, 11) is 0. The van der Waals surface area contributed by atoms with Crippen LogP contribution in [-0.2, 0) is 9.47 Å². The van der Waals surface area contributed by atoms with E-state index in [4.69, 9.17) is 18.9 Å². The molecule has 4 heteroatoms. The van der Waals surface area contributed by atoms with E-state index in [2.05, 4.69) is 67.6 Å². The van der Waals surface area contributed by atoms with Crippen LogP contribution in [0.1, 0.15) is 29.0 Å². The van der Waals surface area contributed by atoms with Gasteiger partial charge in [0.05, 0.1) is 13.2 Å². The molecule has 150 valence electrons. The number of epoxide rings is 2. The third-order valence-electron chi connectivity index (χ3n) is 5.55. The second kappa shape index (κ2) is 8.05. The van der Waals surface area contributed by atoms with Crippen molar-refractivity contribution in [3.8, 4) is 11.5 Å². The predicted molar refractivity (Wildman–Crippen MR) is 113 cm³/mol. The summed E-state index contributed by atoms with van der Waals surface area (Å²) in [6.07, 6.45) is 8.43. The van der Waals surface area contributed by atoms with E-state index in [1.54, 1.807) is 0 Å². The summed E-state index contributed by atoms with van der Waals surface area (Å²) >= 11 is 0. The molecule has 3 aliphatic rings.